The minimum absolute atomic E-state index is 0.583. The van der Waals surface area contributed by atoms with E-state index >= 15 is 0 Å². The van der Waals surface area contributed by atoms with E-state index < -0.39 is 0 Å². The third-order valence-electron chi connectivity index (χ3n) is 11.1. The van der Waals surface area contributed by atoms with Gasteiger partial charge in [0.15, 0.2) is 11.4 Å². The minimum Gasteiger partial charge on any atom is -0.311 e. The van der Waals surface area contributed by atoms with Crippen molar-refractivity contribution in [2.45, 2.75) is 0 Å². The number of aromatic nitrogens is 3. The molecular formula is C50H29N5. The lowest BCUT2D eigenvalue weighted by Gasteiger charge is -2.14. The highest BCUT2D eigenvalue weighted by molar-refractivity contribution is 6.15. The normalized spacial score (nSPS) is 11.6. The van der Waals surface area contributed by atoms with Gasteiger partial charge in [0.05, 0.1) is 40.7 Å². The lowest BCUT2D eigenvalue weighted by atomic mass is 10.0. The molecule has 0 fully saturated rings. The molecule has 3 aromatic heterocycles. The van der Waals surface area contributed by atoms with Crippen molar-refractivity contribution < 1.29 is 0 Å². The van der Waals surface area contributed by atoms with Crippen molar-refractivity contribution in [1.82, 2.24) is 13.7 Å². The number of para-hydroxylation sites is 4. The highest BCUT2D eigenvalue weighted by atomic mass is 15.0. The largest absolute Gasteiger partial charge is 0.311 e. The molecule has 0 bridgehead atoms. The van der Waals surface area contributed by atoms with E-state index in [1.807, 2.05) is 36.4 Å². The molecule has 0 aliphatic heterocycles. The van der Waals surface area contributed by atoms with Crippen LogP contribution in [0.15, 0.2) is 176 Å². The average Bonchev–Trinajstić information content (AvgIpc) is 3.89. The summed E-state index contributed by atoms with van der Waals surface area (Å²) in [5, 5.41) is 6.80. The van der Waals surface area contributed by atoms with Crippen LogP contribution in [0.5, 0.6) is 0 Å². The summed E-state index contributed by atoms with van der Waals surface area (Å²) >= 11 is 0. The molecule has 0 unspecified atom stereocenters. The second-order valence-electron chi connectivity index (χ2n) is 13.9. The zero-order valence-corrected chi connectivity index (χ0v) is 29.5. The second-order valence-corrected chi connectivity index (χ2v) is 13.9. The monoisotopic (exact) mass is 699 g/mol. The Balaban J connectivity index is 1.06. The summed E-state index contributed by atoms with van der Waals surface area (Å²) in [6.45, 7) is 16.2. The topological polar surface area (TPSA) is 23.5 Å². The molecule has 0 amide bonds. The maximum Gasteiger partial charge on any atom is 0.197 e. The second kappa shape index (κ2) is 11.8. The van der Waals surface area contributed by atoms with E-state index in [9.17, 15) is 0 Å². The van der Waals surface area contributed by atoms with E-state index in [2.05, 4.69) is 163 Å². The van der Waals surface area contributed by atoms with E-state index in [1.54, 1.807) is 0 Å². The Morgan fingerprint density at radius 1 is 0.327 bits per heavy atom. The van der Waals surface area contributed by atoms with Crippen LogP contribution >= 0.6 is 0 Å². The zero-order valence-electron chi connectivity index (χ0n) is 29.5. The van der Waals surface area contributed by atoms with Crippen LogP contribution in [0.2, 0.25) is 0 Å². The Hall–Kier alpha value is -7.86. The third-order valence-corrected chi connectivity index (χ3v) is 11.1. The molecule has 0 N–H and O–H groups in total. The molecule has 0 saturated carbocycles. The molecule has 254 valence electrons. The molecule has 11 aromatic rings. The van der Waals surface area contributed by atoms with Crippen molar-refractivity contribution in [3.8, 4) is 28.2 Å². The first-order valence-electron chi connectivity index (χ1n) is 18.3. The molecule has 5 heteroatoms. The summed E-state index contributed by atoms with van der Waals surface area (Å²) in [6.07, 6.45) is 0. The molecule has 55 heavy (non-hydrogen) atoms. The molecule has 0 atom stereocenters. The number of rotatable bonds is 4. The van der Waals surface area contributed by atoms with Gasteiger partial charge in [-0.05, 0) is 89.3 Å². The molecule has 11 rings (SSSR count). The van der Waals surface area contributed by atoms with E-state index in [1.165, 1.54) is 21.8 Å². The van der Waals surface area contributed by atoms with Gasteiger partial charge in [-0.3, -0.25) is 0 Å². The predicted molar refractivity (Wildman–Crippen MR) is 227 cm³/mol. The minimum atomic E-state index is 0.583. The number of benzene rings is 8. The standard InChI is InChI=1S/C50H29N5/c1-51-42-19-12-24-49-50(42)40-18-6-10-23-47(40)55(49)33-14-11-13-32(29-33)36-27-25-35(31-43(36)52-2)54-46-22-9-5-17-39(46)41-30-34(26-28-48(41)54)53-44-20-7-3-15-37(44)38-16-4-8-21-45(38)53/h3-31H. The first-order chi connectivity index (χ1) is 27.2. The van der Waals surface area contributed by atoms with Crippen LogP contribution in [0.1, 0.15) is 0 Å². The molecule has 0 aliphatic rings. The van der Waals surface area contributed by atoms with Crippen molar-refractivity contribution in [1.29, 1.82) is 0 Å². The number of fused-ring (bicyclic) bond motifs is 9. The third kappa shape index (κ3) is 4.45. The molecular weight excluding hydrogens is 671 g/mol. The van der Waals surface area contributed by atoms with E-state index in [4.69, 9.17) is 13.1 Å². The van der Waals surface area contributed by atoms with E-state index in [-0.39, 0.29) is 0 Å². The predicted octanol–water partition coefficient (Wildman–Crippen LogP) is 13.7. The van der Waals surface area contributed by atoms with Crippen molar-refractivity contribution in [2.75, 3.05) is 0 Å². The molecule has 0 saturated heterocycles. The number of hydrogen-bond acceptors (Lipinski definition) is 0. The molecule has 0 radical (unpaired) electrons. The summed E-state index contributed by atoms with van der Waals surface area (Å²) in [5.74, 6) is 0. The summed E-state index contributed by atoms with van der Waals surface area (Å²) in [7, 11) is 0. The van der Waals surface area contributed by atoms with Crippen LogP contribution in [-0.4, -0.2) is 13.7 Å². The van der Waals surface area contributed by atoms with Crippen molar-refractivity contribution >= 4 is 76.8 Å². The van der Waals surface area contributed by atoms with Gasteiger partial charge in [-0.2, -0.15) is 0 Å². The highest BCUT2D eigenvalue weighted by Crippen LogP contribution is 2.41. The van der Waals surface area contributed by atoms with Crippen LogP contribution in [-0.2, 0) is 0 Å². The summed E-state index contributed by atoms with van der Waals surface area (Å²) in [6, 6.07) is 61.2. The van der Waals surface area contributed by atoms with Gasteiger partial charge >= 0.3 is 0 Å². The number of hydrogen-bond donors (Lipinski definition) is 0. The van der Waals surface area contributed by atoms with Crippen LogP contribution in [0.25, 0.3) is 103 Å². The van der Waals surface area contributed by atoms with Gasteiger partial charge in [0.25, 0.3) is 0 Å². The first kappa shape index (κ1) is 30.7. The van der Waals surface area contributed by atoms with Gasteiger partial charge in [0.2, 0.25) is 0 Å². The van der Waals surface area contributed by atoms with Gasteiger partial charge in [-0.15, -0.1) is 0 Å². The van der Waals surface area contributed by atoms with Gasteiger partial charge in [-0.1, -0.05) is 103 Å². The van der Waals surface area contributed by atoms with E-state index in [0.29, 0.717) is 11.4 Å². The van der Waals surface area contributed by atoms with Gasteiger partial charge < -0.3 is 13.7 Å². The smallest absolute Gasteiger partial charge is 0.197 e. The molecule has 5 nitrogen and oxygen atoms in total. The Morgan fingerprint density at radius 2 is 0.800 bits per heavy atom. The highest BCUT2D eigenvalue weighted by Gasteiger charge is 2.19. The maximum atomic E-state index is 8.36. The molecule has 8 aromatic carbocycles. The van der Waals surface area contributed by atoms with Gasteiger partial charge in [0, 0.05) is 49.5 Å². The van der Waals surface area contributed by atoms with Crippen LogP contribution in [0.3, 0.4) is 0 Å². The van der Waals surface area contributed by atoms with Gasteiger partial charge in [-0.25, -0.2) is 9.69 Å². The fraction of sp³-hybridized carbons (Fsp3) is 0. The van der Waals surface area contributed by atoms with Crippen LogP contribution in [0, 0.1) is 13.1 Å². The van der Waals surface area contributed by atoms with Crippen molar-refractivity contribution in [2.24, 2.45) is 0 Å². The van der Waals surface area contributed by atoms with Crippen molar-refractivity contribution in [3.63, 3.8) is 0 Å². The summed E-state index contributed by atoms with van der Waals surface area (Å²) in [5.41, 5.74) is 12.6. The van der Waals surface area contributed by atoms with E-state index in [0.717, 1.165) is 71.8 Å². The summed E-state index contributed by atoms with van der Waals surface area (Å²) in [4.78, 5) is 7.94. The summed E-state index contributed by atoms with van der Waals surface area (Å²) < 4.78 is 6.86. The Labute approximate surface area is 316 Å². The van der Waals surface area contributed by atoms with Crippen LogP contribution < -0.4 is 0 Å². The number of nitrogens with zero attached hydrogens (tertiary/aromatic N) is 5. The maximum absolute atomic E-state index is 8.36. The van der Waals surface area contributed by atoms with Crippen LogP contribution in [0.4, 0.5) is 11.4 Å². The Kier molecular flexibility index (Phi) is 6.61. The SMILES string of the molecule is [C-]#[N+]c1cc(-n2c3ccccc3c3cc(-n4c5ccccc5c5ccccc54)ccc32)ccc1-c1cccc(-n2c3ccccc3c3c([N+]#[C-])cccc32)c1. The molecule has 0 aliphatic carbocycles. The van der Waals surface area contributed by atoms with Crippen molar-refractivity contribution in [3.05, 3.63) is 199 Å². The Morgan fingerprint density at radius 3 is 1.45 bits per heavy atom. The lowest BCUT2D eigenvalue weighted by Crippen LogP contribution is -1.96. The quantitative estimate of drug-likeness (QED) is 0.163. The Bertz CT molecular complexity index is 3420. The zero-order chi connectivity index (χ0) is 36.6. The van der Waals surface area contributed by atoms with Gasteiger partial charge in [0.1, 0.15) is 0 Å². The lowest BCUT2D eigenvalue weighted by molar-refractivity contribution is 1.17. The molecule has 0 spiro atoms. The fourth-order valence-corrected chi connectivity index (χ4v) is 8.76. The average molecular weight is 700 g/mol. The molecule has 3 heterocycles. The fourth-order valence-electron chi connectivity index (χ4n) is 8.76. The first-order valence-corrected chi connectivity index (χ1v) is 18.3.